The van der Waals surface area contributed by atoms with Gasteiger partial charge in [0.25, 0.3) is 0 Å². The third kappa shape index (κ3) is 5.51. The Labute approximate surface area is 275 Å². The highest BCUT2D eigenvalue weighted by Gasteiger charge is 2.68. The number of rotatable bonds is 7. The topological polar surface area (TPSA) is 87.4 Å². The van der Waals surface area contributed by atoms with Gasteiger partial charge < -0.3 is 9.84 Å². The van der Waals surface area contributed by atoms with Gasteiger partial charge in [0.1, 0.15) is 5.60 Å². The third-order valence-electron chi connectivity index (χ3n) is 8.48. The summed E-state index contributed by atoms with van der Waals surface area (Å²) < 4.78 is 5.62. The molecule has 1 aliphatic carbocycles. The molecule has 44 heavy (non-hydrogen) atoms. The number of halogens is 4. The number of ketones is 1. The molecule has 0 radical (unpaired) electrons. The minimum absolute atomic E-state index is 0.0238. The van der Waals surface area contributed by atoms with E-state index in [0.717, 1.165) is 0 Å². The summed E-state index contributed by atoms with van der Waals surface area (Å²) in [5.74, 6) is -5.07. The molecular weight excluding hydrogens is 640 g/mol. The van der Waals surface area contributed by atoms with Crippen LogP contribution in [0.3, 0.4) is 0 Å². The van der Waals surface area contributed by atoms with Crippen LogP contribution in [0.25, 0.3) is 0 Å². The number of aliphatic hydroxyl groups is 1. The molecule has 0 saturated heterocycles. The fraction of sp³-hybridized carbons (Fsp3) is 0.229. The summed E-state index contributed by atoms with van der Waals surface area (Å²) in [4.78, 5) is 29.1. The first kappa shape index (κ1) is 32.0. The normalized spacial score (nSPS) is 24.7. The van der Waals surface area contributed by atoms with Crippen molar-refractivity contribution < 1.29 is 19.4 Å². The van der Waals surface area contributed by atoms with Gasteiger partial charge in [-0.2, -0.15) is 5.26 Å². The second-order valence-corrected chi connectivity index (χ2v) is 12.4. The number of hydrogen-bond donors (Lipinski definition) is 1. The Morgan fingerprint density at radius 3 is 1.89 bits per heavy atom. The molecule has 0 amide bonds. The smallest absolute Gasteiger partial charge is 0.327 e. The van der Waals surface area contributed by atoms with Crippen LogP contribution < -0.4 is 0 Å². The maximum atomic E-state index is 14.8. The molecule has 0 heterocycles. The Morgan fingerprint density at radius 1 is 0.841 bits per heavy atom. The maximum absolute atomic E-state index is 14.8. The van der Waals surface area contributed by atoms with E-state index in [9.17, 15) is 20.0 Å². The van der Waals surface area contributed by atoms with Gasteiger partial charge in [-0.15, -0.1) is 0 Å². The lowest BCUT2D eigenvalue weighted by Crippen LogP contribution is -2.59. The minimum atomic E-state index is -2.04. The van der Waals surface area contributed by atoms with Gasteiger partial charge >= 0.3 is 5.97 Å². The largest absolute Gasteiger partial charge is 0.465 e. The molecular formula is C35H27Cl4NO4. The highest BCUT2D eigenvalue weighted by Crippen LogP contribution is 2.65. The number of nitrogens with zero attached hydrogens (tertiary/aromatic N) is 1. The fourth-order valence-electron chi connectivity index (χ4n) is 6.53. The van der Waals surface area contributed by atoms with E-state index in [1.54, 1.807) is 104 Å². The van der Waals surface area contributed by atoms with Gasteiger partial charge in [0.2, 0.25) is 0 Å². The van der Waals surface area contributed by atoms with Crippen LogP contribution in [-0.4, -0.2) is 23.5 Å². The molecule has 0 unspecified atom stereocenters. The maximum Gasteiger partial charge on any atom is 0.327 e. The van der Waals surface area contributed by atoms with Crippen LogP contribution in [-0.2, 0) is 15.1 Å². The van der Waals surface area contributed by atoms with E-state index in [1.807, 2.05) is 0 Å². The Morgan fingerprint density at radius 2 is 1.36 bits per heavy atom. The van der Waals surface area contributed by atoms with Crippen molar-refractivity contribution in [2.24, 2.45) is 11.3 Å². The molecule has 1 N–H and O–H groups in total. The number of nitriles is 1. The number of Topliss-reactive ketones (excluding diaryl/α,β-unsaturated/α-hetero) is 1. The zero-order chi connectivity index (χ0) is 31.6. The van der Waals surface area contributed by atoms with Crippen LogP contribution >= 0.6 is 46.4 Å². The standard InChI is InChI=1S/C35H27Cl4NO4/c1-2-44-33(42)34(20-40)27(25-7-3-5-9-28(25)38)19-35(43,22-13-17-24(37)18-14-22)31(30(34)26-8-4-6-10-29(26)39)32(41)21-11-15-23(36)16-12-21/h3-18,27,30-31,43H,2,19H2,1H3/t27-,30+,31-,34+,35-/m0/s1. The van der Waals surface area contributed by atoms with Gasteiger partial charge in [-0.05, 0) is 78.6 Å². The van der Waals surface area contributed by atoms with Crippen molar-refractivity contribution in [3.8, 4) is 6.07 Å². The van der Waals surface area contributed by atoms with E-state index in [4.69, 9.17) is 51.1 Å². The Balaban J connectivity index is 1.93. The Bertz CT molecular complexity index is 1740. The number of esters is 1. The molecule has 1 fully saturated rings. The van der Waals surface area contributed by atoms with Crippen molar-refractivity contribution in [3.63, 3.8) is 0 Å². The number of carbonyl (C=O) groups excluding carboxylic acids is 2. The lowest BCUT2D eigenvalue weighted by atomic mass is 9.47. The first-order valence-corrected chi connectivity index (χ1v) is 15.4. The Hall–Kier alpha value is -3.37. The molecule has 4 aromatic rings. The number of carbonyl (C=O) groups is 2. The molecule has 4 aromatic carbocycles. The number of benzene rings is 4. The molecule has 0 spiro atoms. The van der Waals surface area contributed by atoms with E-state index in [2.05, 4.69) is 6.07 Å². The third-order valence-corrected chi connectivity index (χ3v) is 9.67. The fourth-order valence-corrected chi connectivity index (χ4v) is 7.30. The van der Waals surface area contributed by atoms with E-state index in [-0.39, 0.29) is 23.6 Å². The molecule has 5 rings (SSSR count). The summed E-state index contributed by atoms with van der Waals surface area (Å²) >= 11 is 26.0. The number of ether oxygens (including phenoxy) is 1. The van der Waals surface area contributed by atoms with Crippen LogP contribution in [0.1, 0.15) is 52.2 Å². The van der Waals surface area contributed by atoms with E-state index in [1.165, 1.54) is 0 Å². The summed E-state index contributed by atoms with van der Waals surface area (Å²) in [6, 6.07) is 28.6. The lowest BCUT2D eigenvalue weighted by Gasteiger charge is -2.54. The summed E-state index contributed by atoms with van der Waals surface area (Å²) in [6.07, 6.45) is -0.226. The van der Waals surface area contributed by atoms with Crippen molar-refractivity contribution in [1.29, 1.82) is 5.26 Å². The summed E-state index contributed by atoms with van der Waals surface area (Å²) in [5, 5.41) is 25.6. The molecule has 0 bridgehead atoms. The van der Waals surface area contributed by atoms with Crippen LogP contribution in [0.2, 0.25) is 20.1 Å². The molecule has 5 nitrogen and oxygen atoms in total. The van der Waals surface area contributed by atoms with Crippen molar-refractivity contribution in [3.05, 3.63) is 139 Å². The van der Waals surface area contributed by atoms with Gasteiger partial charge in [-0.1, -0.05) is 94.9 Å². The molecule has 5 atom stereocenters. The van der Waals surface area contributed by atoms with Crippen molar-refractivity contribution >= 4 is 58.2 Å². The summed E-state index contributed by atoms with van der Waals surface area (Å²) in [7, 11) is 0. The second-order valence-electron chi connectivity index (χ2n) is 10.8. The zero-order valence-electron chi connectivity index (χ0n) is 23.5. The summed E-state index contributed by atoms with van der Waals surface area (Å²) in [5.41, 5.74) is -2.60. The minimum Gasteiger partial charge on any atom is -0.465 e. The summed E-state index contributed by atoms with van der Waals surface area (Å²) in [6.45, 7) is 1.62. The first-order chi connectivity index (χ1) is 21.1. The quantitative estimate of drug-likeness (QED) is 0.157. The number of hydrogen-bond acceptors (Lipinski definition) is 5. The SMILES string of the molecule is CCOC(=O)[C@@]1(C#N)[C@H](c2ccccc2Cl)[C@@H](C(=O)c2ccc(Cl)cc2)[C@@](O)(c2ccc(Cl)cc2)C[C@H]1c1ccccc1Cl. The van der Waals surface area contributed by atoms with Crippen LogP contribution in [0.15, 0.2) is 97.1 Å². The van der Waals surface area contributed by atoms with Crippen LogP contribution in [0.5, 0.6) is 0 Å². The average Bonchev–Trinajstić information content (AvgIpc) is 3.01. The molecule has 9 heteroatoms. The van der Waals surface area contributed by atoms with E-state index >= 15 is 0 Å². The second kappa shape index (κ2) is 12.9. The predicted octanol–water partition coefficient (Wildman–Crippen LogP) is 9.03. The van der Waals surface area contributed by atoms with Crippen molar-refractivity contribution in [1.82, 2.24) is 0 Å². The van der Waals surface area contributed by atoms with Gasteiger partial charge in [0.05, 0.1) is 18.6 Å². The Kier molecular flexibility index (Phi) is 9.41. The molecule has 0 aromatic heterocycles. The highest BCUT2D eigenvalue weighted by molar-refractivity contribution is 6.32. The lowest BCUT2D eigenvalue weighted by molar-refractivity contribution is -0.164. The van der Waals surface area contributed by atoms with Gasteiger partial charge in [0, 0.05) is 37.5 Å². The molecule has 1 aliphatic rings. The van der Waals surface area contributed by atoms with Crippen molar-refractivity contribution in [2.75, 3.05) is 6.61 Å². The average molecular weight is 667 g/mol. The molecule has 0 aliphatic heterocycles. The highest BCUT2D eigenvalue weighted by atomic mass is 35.5. The molecule has 1 saturated carbocycles. The van der Waals surface area contributed by atoms with Crippen LogP contribution in [0, 0.1) is 22.7 Å². The van der Waals surface area contributed by atoms with Crippen molar-refractivity contribution in [2.45, 2.75) is 30.8 Å². The predicted molar refractivity (Wildman–Crippen MR) is 172 cm³/mol. The monoisotopic (exact) mass is 665 g/mol. The first-order valence-electron chi connectivity index (χ1n) is 13.9. The van der Waals surface area contributed by atoms with Gasteiger partial charge in [-0.25, -0.2) is 0 Å². The van der Waals surface area contributed by atoms with Gasteiger partial charge in [0.15, 0.2) is 11.2 Å². The van der Waals surface area contributed by atoms with E-state index < -0.39 is 40.5 Å². The zero-order valence-corrected chi connectivity index (χ0v) is 26.5. The van der Waals surface area contributed by atoms with Crippen LogP contribution in [0.4, 0.5) is 0 Å². The van der Waals surface area contributed by atoms with Gasteiger partial charge in [-0.3, -0.25) is 9.59 Å². The molecule has 224 valence electrons. The van der Waals surface area contributed by atoms with E-state index in [0.29, 0.717) is 31.8 Å².